The van der Waals surface area contributed by atoms with Crippen LogP contribution in [0.3, 0.4) is 0 Å². The number of alkyl halides is 3. The van der Waals surface area contributed by atoms with Crippen LogP contribution in [0, 0.1) is 26.6 Å². The van der Waals surface area contributed by atoms with Gasteiger partial charge in [0.25, 0.3) is 0 Å². The van der Waals surface area contributed by atoms with E-state index in [1.807, 2.05) is 0 Å². The van der Waals surface area contributed by atoms with Crippen LogP contribution < -0.4 is 10.5 Å². The number of halogens is 5. The summed E-state index contributed by atoms with van der Waals surface area (Å²) < 4.78 is 60.3. The summed E-state index contributed by atoms with van der Waals surface area (Å²) in [5, 5.41) is 4.39. The second kappa shape index (κ2) is 9.75. The number of nitrogens with two attached hydrogens (primary N) is 1. The fourth-order valence-corrected chi connectivity index (χ4v) is 4.47. The summed E-state index contributed by atoms with van der Waals surface area (Å²) in [6.07, 6.45) is -3.25. The van der Waals surface area contributed by atoms with Gasteiger partial charge < -0.3 is 10.5 Å². The third-order valence-electron chi connectivity index (χ3n) is 6.61. The number of primary amides is 1. The van der Waals surface area contributed by atoms with E-state index in [-0.39, 0.29) is 17.1 Å². The Morgan fingerprint density at radius 2 is 1.68 bits per heavy atom. The third kappa shape index (κ3) is 4.83. The minimum absolute atomic E-state index is 0.0674. The van der Waals surface area contributed by atoms with Gasteiger partial charge in [-0.15, -0.1) is 0 Å². The molecule has 0 aliphatic heterocycles. The number of rotatable bonds is 6. The zero-order chi connectivity index (χ0) is 28.1. The van der Waals surface area contributed by atoms with Gasteiger partial charge in [0.15, 0.2) is 17.3 Å². The molecule has 3 aromatic carbocycles. The number of aromatic nitrogens is 2. The van der Waals surface area contributed by atoms with Crippen LogP contribution in [0.25, 0.3) is 10.9 Å². The van der Waals surface area contributed by atoms with Gasteiger partial charge in [0.2, 0.25) is 5.91 Å². The predicted molar refractivity (Wildman–Crippen MR) is 134 cm³/mol. The Morgan fingerprint density at radius 1 is 1.03 bits per heavy atom. The van der Waals surface area contributed by atoms with Crippen molar-refractivity contribution in [3.05, 3.63) is 86.8 Å². The molecule has 11 heteroatoms. The molecular formula is C27H22ClF4N3O3. The lowest BCUT2D eigenvalue weighted by atomic mass is 9.90. The quantitative estimate of drug-likeness (QED) is 0.206. The molecule has 4 rings (SSSR count). The smallest absolute Gasteiger partial charge is 0.416 e. The molecule has 1 amide bonds. The van der Waals surface area contributed by atoms with Crippen LogP contribution in [0.2, 0.25) is 5.02 Å². The van der Waals surface area contributed by atoms with Crippen LogP contribution in [0.15, 0.2) is 42.6 Å². The molecule has 0 saturated carbocycles. The Bertz CT molecular complexity index is 1590. The van der Waals surface area contributed by atoms with Crippen molar-refractivity contribution in [1.82, 2.24) is 9.78 Å². The Morgan fingerprint density at radius 3 is 2.29 bits per heavy atom. The van der Waals surface area contributed by atoms with Crippen LogP contribution in [0.4, 0.5) is 17.6 Å². The maximum Gasteiger partial charge on any atom is 0.416 e. The van der Waals surface area contributed by atoms with Crippen LogP contribution in [0.5, 0.6) is 11.5 Å². The molecule has 1 aromatic heterocycles. The Balaban J connectivity index is 1.71. The summed E-state index contributed by atoms with van der Waals surface area (Å²) in [6, 6.07) is 6.09. The highest BCUT2D eigenvalue weighted by Crippen LogP contribution is 2.39. The summed E-state index contributed by atoms with van der Waals surface area (Å²) in [5.74, 6) is -2.75. The molecular weight excluding hydrogens is 526 g/mol. The van der Waals surface area contributed by atoms with Gasteiger partial charge in [-0.05, 0) is 74.7 Å². The standard InChI is InChI=1S/C27H22ClF4N3O3/c1-12-13(2)19(10-20(14(12)3)26(33)37)24(36)15(4)35-23-9-18(6-5-16(23)11-34-35)38-25-21(28)7-17(8-22(25)29)27(30,31)32/h5-11,15H,1-4H3,(H2,33,37). The van der Waals surface area contributed by atoms with E-state index >= 15 is 0 Å². The Kier molecular flexibility index (Phi) is 6.96. The molecule has 0 saturated heterocycles. The summed E-state index contributed by atoms with van der Waals surface area (Å²) in [7, 11) is 0. The minimum Gasteiger partial charge on any atom is -0.453 e. The molecule has 2 N–H and O–H groups in total. The zero-order valence-electron chi connectivity index (χ0n) is 20.7. The largest absolute Gasteiger partial charge is 0.453 e. The fourth-order valence-electron chi connectivity index (χ4n) is 4.22. The van der Waals surface area contributed by atoms with Crippen molar-refractivity contribution in [1.29, 1.82) is 0 Å². The molecule has 0 bridgehead atoms. The van der Waals surface area contributed by atoms with Gasteiger partial charge in [-0.2, -0.15) is 18.3 Å². The topological polar surface area (TPSA) is 87.2 Å². The summed E-state index contributed by atoms with van der Waals surface area (Å²) in [4.78, 5) is 25.4. The number of hydrogen-bond acceptors (Lipinski definition) is 4. The van der Waals surface area contributed by atoms with Crippen molar-refractivity contribution >= 4 is 34.2 Å². The van der Waals surface area contributed by atoms with Crippen LogP contribution in [0.1, 0.15) is 55.9 Å². The van der Waals surface area contributed by atoms with E-state index in [4.69, 9.17) is 22.1 Å². The summed E-state index contributed by atoms with van der Waals surface area (Å²) in [5.41, 5.74) is 7.46. The molecule has 0 fully saturated rings. The van der Waals surface area contributed by atoms with Crippen molar-refractivity contribution in [2.45, 2.75) is 39.9 Å². The van der Waals surface area contributed by atoms with E-state index in [2.05, 4.69) is 5.10 Å². The van der Waals surface area contributed by atoms with Crippen molar-refractivity contribution in [3.63, 3.8) is 0 Å². The average molecular weight is 548 g/mol. The number of ether oxygens (including phenoxy) is 1. The monoisotopic (exact) mass is 547 g/mol. The molecule has 1 unspecified atom stereocenters. The van der Waals surface area contributed by atoms with Crippen LogP contribution in [-0.4, -0.2) is 21.5 Å². The number of hydrogen-bond donors (Lipinski definition) is 1. The molecule has 6 nitrogen and oxygen atoms in total. The number of carbonyl (C=O) groups excluding carboxylic acids is 2. The highest BCUT2D eigenvalue weighted by Gasteiger charge is 2.33. The SMILES string of the molecule is Cc1c(C(N)=O)cc(C(=O)C(C)n2ncc3ccc(Oc4c(F)cc(C(F)(F)F)cc4Cl)cc32)c(C)c1C. The van der Waals surface area contributed by atoms with Crippen LogP contribution >= 0.6 is 11.6 Å². The zero-order valence-corrected chi connectivity index (χ0v) is 21.5. The number of benzene rings is 3. The van der Waals surface area contributed by atoms with Gasteiger partial charge in [0.05, 0.1) is 22.3 Å². The molecule has 0 aliphatic carbocycles. The molecule has 38 heavy (non-hydrogen) atoms. The van der Waals surface area contributed by atoms with E-state index in [1.165, 1.54) is 29.1 Å². The van der Waals surface area contributed by atoms with E-state index in [0.717, 1.165) is 5.56 Å². The molecule has 0 spiro atoms. The van der Waals surface area contributed by atoms with Gasteiger partial charge in [-0.3, -0.25) is 14.3 Å². The van der Waals surface area contributed by atoms with E-state index < -0.39 is 40.3 Å². The van der Waals surface area contributed by atoms with Gasteiger partial charge in [-0.1, -0.05) is 11.6 Å². The van der Waals surface area contributed by atoms with Gasteiger partial charge in [-0.25, -0.2) is 4.39 Å². The number of amides is 1. The first-order valence-electron chi connectivity index (χ1n) is 11.4. The van der Waals surface area contributed by atoms with Crippen molar-refractivity contribution in [3.8, 4) is 11.5 Å². The first kappa shape index (κ1) is 27.1. The lowest BCUT2D eigenvalue weighted by molar-refractivity contribution is -0.137. The third-order valence-corrected chi connectivity index (χ3v) is 6.90. The Labute approximate surface area is 219 Å². The average Bonchev–Trinajstić information content (AvgIpc) is 3.26. The molecule has 1 heterocycles. The highest BCUT2D eigenvalue weighted by atomic mass is 35.5. The Hall–Kier alpha value is -3.92. The van der Waals surface area contributed by atoms with E-state index in [9.17, 15) is 27.2 Å². The molecule has 198 valence electrons. The number of nitrogens with zero attached hydrogens (tertiary/aromatic N) is 2. The maximum absolute atomic E-state index is 14.5. The molecule has 0 aliphatic rings. The van der Waals surface area contributed by atoms with E-state index in [0.29, 0.717) is 39.7 Å². The number of carbonyl (C=O) groups is 2. The summed E-state index contributed by atoms with van der Waals surface area (Å²) >= 11 is 5.89. The van der Waals surface area contributed by atoms with Gasteiger partial charge in [0, 0.05) is 22.6 Å². The predicted octanol–water partition coefficient (Wildman–Crippen LogP) is 7.11. The van der Waals surface area contributed by atoms with Crippen LogP contribution in [-0.2, 0) is 6.18 Å². The lowest BCUT2D eigenvalue weighted by Crippen LogP contribution is -2.21. The van der Waals surface area contributed by atoms with Crippen molar-refractivity contribution in [2.24, 2.45) is 5.73 Å². The molecule has 4 aromatic rings. The second-order valence-corrected chi connectivity index (χ2v) is 9.34. The lowest BCUT2D eigenvalue weighted by Gasteiger charge is -2.18. The van der Waals surface area contributed by atoms with Gasteiger partial charge in [0.1, 0.15) is 11.8 Å². The van der Waals surface area contributed by atoms with Crippen molar-refractivity contribution in [2.75, 3.05) is 0 Å². The fraction of sp³-hybridized carbons (Fsp3) is 0.222. The first-order chi connectivity index (χ1) is 17.7. The first-order valence-corrected chi connectivity index (χ1v) is 11.7. The summed E-state index contributed by atoms with van der Waals surface area (Å²) in [6.45, 7) is 6.97. The molecule has 0 radical (unpaired) electrons. The molecule has 1 atom stereocenters. The number of Topliss-reactive ketones (excluding diaryl/α,β-unsaturated/α-hetero) is 1. The second-order valence-electron chi connectivity index (χ2n) is 8.93. The highest BCUT2D eigenvalue weighted by molar-refractivity contribution is 6.32. The van der Waals surface area contributed by atoms with E-state index in [1.54, 1.807) is 33.8 Å². The number of ketones is 1. The van der Waals surface area contributed by atoms with Crippen molar-refractivity contribution < 1.29 is 31.9 Å². The van der Waals surface area contributed by atoms with Gasteiger partial charge >= 0.3 is 6.18 Å². The number of fused-ring (bicyclic) bond motifs is 1. The normalized spacial score (nSPS) is 12.6. The maximum atomic E-state index is 14.5. The minimum atomic E-state index is -4.77.